The van der Waals surface area contributed by atoms with Crippen molar-refractivity contribution in [2.45, 2.75) is 39.3 Å². The van der Waals surface area contributed by atoms with E-state index >= 15 is 0 Å². The minimum absolute atomic E-state index is 0.133. The van der Waals surface area contributed by atoms with Gasteiger partial charge in [-0.1, -0.05) is 19.1 Å². The molecular weight excluding hydrogens is 226 g/mol. The van der Waals surface area contributed by atoms with E-state index in [-0.39, 0.29) is 12.1 Å². The molecule has 1 rings (SSSR count). The molecule has 0 aliphatic rings. The van der Waals surface area contributed by atoms with Crippen LogP contribution in [0.2, 0.25) is 0 Å². The van der Waals surface area contributed by atoms with E-state index in [9.17, 15) is 0 Å². The number of methoxy groups -OCH3 is 1. The molecule has 0 saturated carbocycles. The summed E-state index contributed by atoms with van der Waals surface area (Å²) < 4.78 is 11.0. The minimum Gasteiger partial charge on any atom is -0.494 e. The number of hydrogen-bond acceptors (Lipinski definition) is 3. The van der Waals surface area contributed by atoms with Gasteiger partial charge in [-0.2, -0.15) is 0 Å². The lowest BCUT2D eigenvalue weighted by atomic mass is 10.0. The van der Waals surface area contributed by atoms with Gasteiger partial charge in [-0.05, 0) is 44.5 Å². The minimum atomic E-state index is 0.133. The molecule has 1 N–H and O–H groups in total. The fraction of sp³-hybridized carbons (Fsp3) is 0.600. The van der Waals surface area contributed by atoms with Gasteiger partial charge in [0, 0.05) is 7.11 Å². The van der Waals surface area contributed by atoms with Gasteiger partial charge < -0.3 is 14.8 Å². The Labute approximate surface area is 110 Å². The average molecular weight is 251 g/mol. The molecule has 0 bridgehead atoms. The molecule has 3 nitrogen and oxygen atoms in total. The first-order valence-corrected chi connectivity index (χ1v) is 6.71. The highest BCUT2D eigenvalue weighted by Crippen LogP contribution is 2.23. The fourth-order valence-corrected chi connectivity index (χ4v) is 1.96. The molecule has 2 unspecified atom stereocenters. The van der Waals surface area contributed by atoms with Crippen molar-refractivity contribution in [1.82, 2.24) is 5.32 Å². The van der Waals surface area contributed by atoms with Gasteiger partial charge >= 0.3 is 0 Å². The van der Waals surface area contributed by atoms with Gasteiger partial charge in [0.25, 0.3) is 0 Å². The summed E-state index contributed by atoms with van der Waals surface area (Å²) in [7, 11) is 1.75. The molecule has 1 aromatic rings. The molecule has 18 heavy (non-hydrogen) atoms. The third kappa shape index (κ3) is 4.31. The van der Waals surface area contributed by atoms with Crippen LogP contribution in [0.5, 0.6) is 5.75 Å². The molecule has 2 atom stereocenters. The Morgan fingerprint density at radius 3 is 2.67 bits per heavy atom. The van der Waals surface area contributed by atoms with Gasteiger partial charge in [0.15, 0.2) is 0 Å². The highest BCUT2D eigenvalue weighted by molar-refractivity contribution is 5.31. The van der Waals surface area contributed by atoms with Crippen LogP contribution in [0.1, 0.15) is 38.8 Å². The number of benzene rings is 1. The van der Waals surface area contributed by atoms with Crippen LogP contribution in [0.15, 0.2) is 24.3 Å². The first kappa shape index (κ1) is 15.0. The summed E-state index contributed by atoms with van der Waals surface area (Å²) in [4.78, 5) is 0. The topological polar surface area (TPSA) is 30.5 Å². The summed E-state index contributed by atoms with van der Waals surface area (Å²) >= 11 is 0. The molecule has 0 spiro atoms. The molecule has 0 heterocycles. The van der Waals surface area contributed by atoms with Crippen molar-refractivity contribution in [3.63, 3.8) is 0 Å². The smallest absolute Gasteiger partial charge is 0.119 e. The lowest BCUT2D eigenvalue weighted by Crippen LogP contribution is -2.32. The molecule has 0 aromatic heterocycles. The zero-order valence-electron chi connectivity index (χ0n) is 11.9. The van der Waals surface area contributed by atoms with Crippen LogP contribution in [0.25, 0.3) is 0 Å². The van der Waals surface area contributed by atoms with Crippen LogP contribution < -0.4 is 10.1 Å². The maximum atomic E-state index is 5.55. The van der Waals surface area contributed by atoms with Crippen LogP contribution in [0.3, 0.4) is 0 Å². The van der Waals surface area contributed by atoms with Crippen molar-refractivity contribution < 1.29 is 9.47 Å². The second kappa shape index (κ2) is 8.11. The normalized spacial score (nSPS) is 14.2. The summed E-state index contributed by atoms with van der Waals surface area (Å²) in [6, 6.07) is 8.43. The Morgan fingerprint density at radius 1 is 1.28 bits per heavy atom. The molecule has 3 heteroatoms. The maximum absolute atomic E-state index is 5.55. The lowest BCUT2D eigenvalue weighted by molar-refractivity contribution is 0.0829. The predicted octanol–water partition coefficient (Wildman–Crippen LogP) is 3.16. The van der Waals surface area contributed by atoms with Crippen molar-refractivity contribution in [1.29, 1.82) is 0 Å². The molecule has 0 aliphatic carbocycles. The summed E-state index contributed by atoms with van der Waals surface area (Å²) in [6.07, 6.45) is 1.24. The lowest BCUT2D eigenvalue weighted by Gasteiger charge is -2.25. The van der Waals surface area contributed by atoms with Crippen molar-refractivity contribution in [2.24, 2.45) is 0 Å². The van der Waals surface area contributed by atoms with E-state index in [1.165, 1.54) is 5.56 Å². The van der Waals surface area contributed by atoms with Crippen LogP contribution >= 0.6 is 0 Å². The summed E-state index contributed by atoms with van der Waals surface area (Å²) in [5.74, 6) is 0.918. The van der Waals surface area contributed by atoms with Crippen molar-refractivity contribution in [3.05, 3.63) is 29.8 Å². The van der Waals surface area contributed by atoms with Crippen LogP contribution in [0, 0.1) is 0 Å². The molecule has 0 aliphatic heterocycles. The Morgan fingerprint density at radius 2 is 2.06 bits per heavy atom. The predicted molar refractivity (Wildman–Crippen MR) is 75.1 cm³/mol. The molecule has 0 saturated heterocycles. The van der Waals surface area contributed by atoms with Crippen molar-refractivity contribution >= 4 is 0 Å². The number of ether oxygens (including phenoxy) is 2. The third-order valence-electron chi connectivity index (χ3n) is 2.98. The van der Waals surface area contributed by atoms with Crippen molar-refractivity contribution in [3.8, 4) is 5.75 Å². The SMILES string of the molecule is CCCNC(c1cccc(OCC)c1)C(C)OC. The van der Waals surface area contributed by atoms with E-state index in [0.29, 0.717) is 6.61 Å². The molecule has 0 radical (unpaired) electrons. The summed E-state index contributed by atoms with van der Waals surface area (Å²) in [6.45, 7) is 7.92. The molecule has 0 amide bonds. The number of hydrogen-bond donors (Lipinski definition) is 1. The second-order valence-corrected chi connectivity index (χ2v) is 4.38. The highest BCUT2D eigenvalue weighted by atomic mass is 16.5. The Kier molecular flexibility index (Phi) is 6.76. The average Bonchev–Trinajstić information content (AvgIpc) is 2.39. The Hall–Kier alpha value is -1.06. The van der Waals surface area contributed by atoms with E-state index in [2.05, 4.69) is 31.3 Å². The summed E-state index contributed by atoms with van der Waals surface area (Å²) in [5, 5.41) is 3.53. The Balaban J connectivity index is 2.85. The second-order valence-electron chi connectivity index (χ2n) is 4.38. The van der Waals surface area contributed by atoms with E-state index in [4.69, 9.17) is 9.47 Å². The zero-order chi connectivity index (χ0) is 13.4. The van der Waals surface area contributed by atoms with E-state index in [1.54, 1.807) is 7.11 Å². The van der Waals surface area contributed by atoms with E-state index < -0.39 is 0 Å². The highest BCUT2D eigenvalue weighted by Gasteiger charge is 2.18. The van der Waals surface area contributed by atoms with Gasteiger partial charge in [-0.25, -0.2) is 0 Å². The molecule has 0 fully saturated rings. The zero-order valence-corrected chi connectivity index (χ0v) is 11.9. The van der Waals surface area contributed by atoms with Crippen LogP contribution in [0.4, 0.5) is 0 Å². The first-order valence-electron chi connectivity index (χ1n) is 6.71. The fourth-order valence-electron chi connectivity index (χ4n) is 1.96. The number of nitrogens with one attached hydrogen (secondary N) is 1. The van der Waals surface area contributed by atoms with Crippen molar-refractivity contribution in [2.75, 3.05) is 20.3 Å². The van der Waals surface area contributed by atoms with Gasteiger partial charge in [0.05, 0.1) is 18.8 Å². The van der Waals surface area contributed by atoms with Gasteiger partial charge in [0.1, 0.15) is 5.75 Å². The van der Waals surface area contributed by atoms with E-state index in [1.807, 2.05) is 19.1 Å². The van der Waals surface area contributed by atoms with Gasteiger partial charge in [0.2, 0.25) is 0 Å². The maximum Gasteiger partial charge on any atom is 0.119 e. The van der Waals surface area contributed by atoms with Crippen LogP contribution in [-0.2, 0) is 4.74 Å². The molecular formula is C15H25NO2. The first-order chi connectivity index (χ1) is 8.72. The van der Waals surface area contributed by atoms with E-state index in [0.717, 1.165) is 18.7 Å². The third-order valence-corrected chi connectivity index (χ3v) is 2.98. The van der Waals surface area contributed by atoms with Gasteiger partial charge in [-0.3, -0.25) is 0 Å². The summed E-state index contributed by atoms with van der Waals surface area (Å²) in [5.41, 5.74) is 1.21. The van der Waals surface area contributed by atoms with Crippen LogP contribution in [-0.4, -0.2) is 26.4 Å². The van der Waals surface area contributed by atoms with Gasteiger partial charge in [-0.15, -0.1) is 0 Å². The molecule has 102 valence electrons. The largest absolute Gasteiger partial charge is 0.494 e. The number of rotatable bonds is 8. The Bertz CT molecular complexity index is 341. The quantitative estimate of drug-likeness (QED) is 0.770. The monoisotopic (exact) mass is 251 g/mol. The standard InChI is InChI=1S/C15H25NO2/c1-5-10-16-15(12(3)17-4)13-8-7-9-14(11-13)18-6-2/h7-9,11-12,15-16H,5-6,10H2,1-4H3. The molecule has 1 aromatic carbocycles.